The van der Waals surface area contributed by atoms with Crippen LogP contribution >= 0.6 is 0 Å². The maximum Gasteiger partial charge on any atom is 0.162 e. The second-order valence-corrected chi connectivity index (χ2v) is 3.33. The SMILES string of the molecule is CC=CC(=O)C1CCCC=C1C. The number of allylic oxidation sites excluding steroid dienone is 4. The molecule has 0 bridgehead atoms. The highest BCUT2D eigenvalue weighted by atomic mass is 16.1. The van der Waals surface area contributed by atoms with Crippen molar-refractivity contribution in [1.82, 2.24) is 0 Å². The van der Waals surface area contributed by atoms with Crippen LogP contribution in [0.3, 0.4) is 0 Å². The van der Waals surface area contributed by atoms with Crippen molar-refractivity contribution in [1.29, 1.82) is 0 Å². The Morgan fingerprint density at radius 3 is 3.00 bits per heavy atom. The van der Waals surface area contributed by atoms with Gasteiger partial charge in [0.05, 0.1) is 0 Å². The maximum atomic E-state index is 11.5. The minimum atomic E-state index is 0.176. The number of hydrogen-bond acceptors (Lipinski definition) is 1. The zero-order valence-corrected chi connectivity index (χ0v) is 7.84. The molecule has 0 amide bonds. The molecule has 0 aromatic rings. The molecule has 0 heterocycles. The van der Waals surface area contributed by atoms with Gasteiger partial charge in [-0.05, 0) is 39.2 Å². The van der Waals surface area contributed by atoms with Gasteiger partial charge in [0.1, 0.15) is 0 Å². The maximum absolute atomic E-state index is 11.5. The summed E-state index contributed by atoms with van der Waals surface area (Å²) in [4.78, 5) is 11.5. The number of rotatable bonds is 2. The monoisotopic (exact) mass is 164 g/mol. The van der Waals surface area contributed by atoms with E-state index >= 15 is 0 Å². The van der Waals surface area contributed by atoms with Gasteiger partial charge in [0.15, 0.2) is 5.78 Å². The Bertz CT molecular complexity index is 223. The van der Waals surface area contributed by atoms with Crippen molar-refractivity contribution in [2.45, 2.75) is 33.1 Å². The number of carbonyl (C=O) groups is 1. The van der Waals surface area contributed by atoms with Crippen LogP contribution in [0.1, 0.15) is 33.1 Å². The lowest BCUT2D eigenvalue weighted by Crippen LogP contribution is -2.15. The highest BCUT2D eigenvalue weighted by Crippen LogP contribution is 2.25. The zero-order chi connectivity index (χ0) is 8.97. The van der Waals surface area contributed by atoms with E-state index in [9.17, 15) is 4.79 Å². The molecule has 1 nitrogen and oxygen atoms in total. The first-order valence-corrected chi connectivity index (χ1v) is 4.59. The topological polar surface area (TPSA) is 17.1 Å². The summed E-state index contributed by atoms with van der Waals surface area (Å²) in [5, 5.41) is 0. The van der Waals surface area contributed by atoms with Crippen LogP contribution < -0.4 is 0 Å². The Balaban J connectivity index is 2.67. The van der Waals surface area contributed by atoms with Crippen molar-refractivity contribution in [2.24, 2.45) is 5.92 Å². The molecule has 0 spiro atoms. The summed E-state index contributed by atoms with van der Waals surface area (Å²) in [6.07, 6.45) is 9.04. The van der Waals surface area contributed by atoms with Gasteiger partial charge in [-0.2, -0.15) is 0 Å². The quantitative estimate of drug-likeness (QED) is 0.453. The number of hydrogen-bond donors (Lipinski definition) is 0. The summed E-state index contributed by atoms with van der Waals surface area (Å²) in [6.45, 7) is 3.95. The van der Waals surface area contributed by atoms with E-state index in [0.29, 0.717) is 0 Å². The first-order chi connectivity index (χ1) is 5.75. The van der Waals surface area contributed by atoms with Crippen molar-refractivity contribution in [3.05, 3.63) is 23.8 Å². The van der Waals surface area contributed by atoms with Crippen molar-refractivity contribution in [2.75, 3.05) is 0 Å². The summed E-state index contributed by atoms with van der Waals surface area (Å²) in [7, 11) is 0. The number of ketones is 1. The Morgan fingerprint density at radius 1 is 1.67 bits per heavy atom. The average Bonchev–Trinajstić information content (AvgIpc) is 2.05. The molecule has 12 heavy (non-hydrogen) atoms. The second kappa shape index (κ2) is 4.24. The Kier molecular flexibility index (Phi) is 3.27. The summed E-state index contributed by atoms with van der Waals surface area (Å²) in [5.41, 5.74) is 1.25. The van der Waals surface area contributed by atoms with Gasteiger partial charge in [-0.15, -0.1) is 0 Å². The fraction of sp³-hybridized carbons (Fsp3) is 0.545. The van der Waals surface area contributed by atoms with E-state index in [4.69, 9.17) is 0 Å². The summed E-state index contributed by atoms with van der Waals surface area (Å²) in [5.74, 6) is 0.445. The largest absolute Gasteiger partial charge is 0.294 e. The molecule has 1 heteroatoms. The van der Waals surface area contributed by atoms with E-state index in [1.165, 1.54) is 5.57 Å². The highest BCUT2D eigenvalue weighted by Gasteiger charge is 2.19. The van der Waals surface area contributed by atoms with Crippen LogP contribution in [0, 0.1) is 5.92 Å². The minimum absolute atomic E-state index is 0.176. The lowest BCUT2D eigenvalue weighted by atomic mass is 9.85. The Morgan fingerprint density at radius 2 is 2.42 bits per heavy atom. The normalized spacial score (nSPS) is 24.2. The van der Waals surface area contributed by atoms with Gasteiger partial charge in [-0.1, -0.05) is 17.7 Å². The molecular weight excluding hydrogens is 148 g/mol. The smallest absolute Gasteiger partial charge is 0.162 e. The van der Waals surface area contributed by atoms with Gasteiger partial charge in [0.25, 0.3) is 0 Å². The van der Waals surface area contributed by atoms with Crippen LogP contribution in [0.2, 0.25) is 0 Å². The summed E-state index contributed by atoms with van der Waals surface area (Å²) < 4.78 is 0. The fourth-order valence-electron chi connectivity index (χ4n) is 1.67. The molecule has 1 aliphatic carbocycles. The standard InChI is InChI=1S/C11H16O/c1-3-6-11(12)10-8-5-4-7-9(10)2/h3,6-7,10H,4-5,8H2,1-2H3. The number of carbonyl (C=O) groups excluding carboxylic acids is 1. The minimum Gasteiger partial charge on any atom is -0.294 e. The van der Waals surface area contributed by atoms with Crippen molar-refractivity contribution >= 4 is 5.78 Å². The molecule has 0 fully saturated rings. The van der Waals surface area contributed by atoms with E-state index in [1.807, 2.05) is 13.0 Å². The van der Waals surface area contributed by atoms with E-state index in [2.05, 4.69) is 13.0 Å². The van der Waals surface area contributed by atoms with E-state index in [-0.39, 0.29) is 11.7 Å². The van der Waals surface area contributed by atoms with Gasteiger partial charge < -0.3 is 0 Å². The molecule has 1 rings (SSSR count). The second-order valence-electron chi connectivity index (χ2n) is 3.33. The van der Waals surface area contributed by atoms with Crippen molar-refractivity contribution in [3.63, 3.8) is 0 Å². The van der Waals surface area contributed by atoms with Gasteiger partial charge in [-0.3, -0.25) is 4.79 Å². The molecular formula is C11H16O. The first-order valence-electron chi connectivity index (χ1n) is 4.59. The van der Waals surface area contributed by atoms with Gasteiger partial charge in [0, 0.05) is 5.92 Å². The van der Waals surface area contributed by atoms with Gasteiger partial charge in [0.2, 0.25) is 0 Å². The Hall–Kier alpha value is -0.850. The van der Waals surface area contributed by atoms with Crippen LogP contribution in [0.25, 0.3) is 0 Å². The molecule has 1 unspecified atom stereocenters. The third-order valence-corrected chi connectivity index (χ3v) is 2.39. The molecule has 0 aliphatic heterocycles. The third kappa shape index (κ3) is 2.07. The molecule has 1 aliphatic rings. The molecule has 0 saturated heterocycles. The lowest BCUT2D eigenvalue weighted by molar-refractivity contribution is -0.117. The molecule has 66 valence electrons. The van der Waals surface area contributed by atoms with E-state index in [0.717, 1.165) is 19.3 Å². The molecule has 0 N–H and O–H groups in total. The van der Waals surface area contributed by atoms with Gasteiger partial charge >= 0.3 is 0 Å². The van der Waals surface area contributed by atoms with Crippen LogP contribution in [0.5, 0.6) is 0 Å². The summed E-state index contributed by atoms with van der Waals surface area (Å²) in [6, 6.07) is 0. The Labute approximate surface area is 74.2 Å². The molecule has 0 aromatic heterocycles. The van der Waals surface area contributed by atoms with Gasteiger partial charge in [-0.25, -0.2) is 0 Å². The predicted octanol–water partition coefficient (Wildman–Crippen LogP) is 2.88. The van der Waals surface area contributed by atoms with Crippen LogP contribution in [0.15, 0.2) is 23.8 Å². The zero-order valence-electron chi connectivity index (χ0n) is 7.84. The van der Waals surface area contributed by atoms with E-state index < -0.39 is 0 Å². The summed E-state index contributed by atoms with van der Waals surface area (Å²) >= 11 is 0. The first kappa shape index (κ1) is 9.24. The van der Waals surface area contributed by atoms with E-state index in [1.54, 1.807) is 6.08 Å². The highest BCUT2D eigenvalue weighted by molar-refractivity contribution is 5.93. The third-order valence-electron chi connectivity index (χ3n) is 2.39. The van der Waals surface area contributed by atoms with Crippen molar-refractivity contribution in [3.8, 4) is 0 Å². The molecule has 0 saturated carbocycles. The van der Waals surface area contributed by atoms with Crippen LogP contribution in [-0.2, 0) is 4.79 Å². The predicted molar refractivity (Wildman–Crippen MR) is 50.9 cm³/mol. The lowest BCUT2D eigenvalue weighted by Gasteiger charge is -2.18. The average molecular weight is 164 g/mol. The van der Waals surface area contributed by atoms with Crippen molar-refractivity contribution < 1.29 is 4.79 Å². The van der Waals surface area contributed by atoms with Crippen LogP contribution in [-0.4, -0.2) is 5.78 Å². The molecule has 0 aromatic carbocycles. The molecule has 0 radical (unpaired) electrons. The van der Waals surface area contributed by atoms with Crippen LogP contribution in [0.4, 0.5) is 0 Å². The fourth-order valence-corrected chi connectivity index (χ4v) is 1.67. The molecule has 1 atom stereocenters.